The van der Waals surface area contributed by atoms with Crippen LogP contribution in [-0.4, -0.2) is 72.5 Å². The summed E-state index contributed by atoms with van der Waals surface area (Å²) >= 11 is 0. The standard InChI is InChI=1S/C25H29F4N5O3.CH4/c26-18-1-4-21(5-2-18)32-15-13-31(14-16-32)10-9-24(35)33-11-7-19(8-12-33)30-20-3-6-23(34(36)37)22(17-20)25(27,28)29;/h1-6,17,19,30H,7-16H2;1H4. The van der Waals surface area contributed by atoms with E-state index in [4.69, 9.17) is 0 Å². The summed E-state index contributed by atoms with van der Waals surface area (Å²) in [6.45, 7) is 4.86. The number of piperazine rings is 1. The van der Waals surface area contributed by atoms with Crippen molar-refractivity contribution in [2.75, 3.05) is 56.0 Å². The molecular formula is C26H33F4N5O3. The SMILES string of the molecule is C.O=C(CCN1CCN(c2ccc(F)cc2)CC1)N1CCC(Nc2ccc([N+](=O)[O-])c(C(F)(F)F)c2)CC1. The number of halogens is 4. The summed E-state index contributed by atoms with van der Waals surface area (Å²) in [6, 6.07) is 9.21. The van der Waals surface area contributed by atoms with Crippen molar-refractivity contribution >= 4 is 23.0 Å². The maximum absolute atomic E-state index is 13.2. The van der Waals surface area contributed by atoms with Crippen LogP contribution in [0.1, 0.15) is 32.3 Å². The van der Waals surface area contributed by atoms with E-state index in [9.17, 15) is 32.5 Å². The van der Waals surface area contributed by atoms with Gasteiger partial charge >= 0.3 is 6.18 Å². The summed E-state index contributed by atoms with van der Waals surface area (Å²) < 4.78 is 52.8. The Labute approximate surface area is 219 Å². The van der Waals surface area contributed by atoms with Crippen LogP contribution in [-0.2, 0) is 11.0 Å². The van der Waals surface area contributed by atoms with Gasteiger partial charge in [-0.05, 0) is 49.2 Å². The molecule has 0 saturated carbocycles. The van der Waals surface area contributed by atoms with Gasteiger partial charge in [0.15, 0.2) is 0 Å². The molecule has 2 aliphatic heterocycles. The van der Waals surface area contributed by atoms with Crippen molar-refractivity contribution in [3.63, 3.8) is 0 Å². The van der Waals surface area contributed by atoms with E-state index in [1.165, 1.54) is 18.2 Å². The largest absolute Gasteiger partial charge is 0.423 e. The Bertz CT molecular complexity index is 1100. The monoisotopic (exact) mass is 539 g/mol. The second-order valence-electron chi connectivity index (χ2n) is 9.34. The van der Waals surface area contributed by atoms with E-state index in [1.54, 1.807) is 17.0 Å². The van der Waals surface area contributed by atoms with Crippen LogP contribution in [0.15, 0.2) is 42.5 Å². The van der Waals surface area contributed by atoms with Crippen molar-refractivity contribution in [3.05, 3.63) is 64.0 Å². The van der Waals surface area contributed by atoms with Gasteiger partial charge in [0, 0.05) is 75.7 Å². The Morgan fingerprint density at radius 2 is 1.63 bits per heavy atom. The molecule has 0 radical (unpaired) electrons. The minimum Gasteiger partial charge on any atom is -0.382 e. The van der Waals surface area contributed by atoms with Gasteiger partial charge in [-0.25, -0.2) is 4.39 Å². The van der Waals surface area contributed by atoms with Crippen molar-refractivity contribution in [3.8, 4) is 0 Å². The Kier molecular flexibility index (Phi) is 9.53. The van der Waals surface area contributed by atoms with Crippen molar-refractivity contribution in [1.29, 1.82) is 0 Å². The van der Waals surface area contributed by atoms with Crippen molar-refractivity contribution in [2.24, 2.45) is 0 Å². The lowest BCUT2D eigenvalue weighted by Gasteiger charge is -2.37. The molecule has 1 N–H and O–H groups in total. The summed E-state index contributed by atoms with van der Waals surface area (Å²) in [4.78, 5) is 28.8. The van der Waals surface area contributed by atoms with Crippen LogP contribution in [0.2, 0.25) is 0 Å². The highest BCUT2D eigenvalue weighted by molar-refractivity contribution is 5.76. The predicted molar refractivity (Wildman–Crippen MR) is 138 cm³/mol. The predicted octanol–water partition coefficient (Wildman–Crippen LogP) is 5.00. The van der Waals surface area contributed by atoms with Gasteiger partial charge in [-0.2, -0.15) is 13.2 Å². The van der Waals surface area contributed by atoms with Crippen LogP contribution in [0, 0.1) is 15.9 Å². The first kappa shape index (κ1) is 29.2. The van der Waals surface area contributed by atoms with E-state index in [0.717, 1.165) is 44.0 Å². The third-order valence-corrected chi connectivity index (χ3v) is 6.92. The van der Waals surface area contributed by atoms with Crippen LogP contribution in [0.4, 0.5) is 34.6 Å². The second kappa shape index (κ2) is 12.4. The fourth-order valence-electron chi connectivity index (χ4n) is 4.81. The van der Waals surface area contributed by atoms with E-state index < -0.39 is 22.4 Å². The van der Waals surface area contributed by atoms with Gasteiger partial charge < -0.3 is 15.1 Å². The molecule has 2 heterocycles. The maximum Gasteiger partial charge on any atom is 0.423 e. The lowest BCUT2D eigenvalue weighted by molar-refractivity contribution is -0.388. The highest BCUT2D eigenvalue weighted by atomic mass is 19.4. The van der Waals surface area contributed by atoms with Crippen LogP contribution in [0.5, 0.6) is 0 Å². The fraction of sp³-hybridized carbons (Fsp3) is 0.500. The first-order valence-electron chi connectivity index (χ1n) is 12.2. The molecule has 2 saturated heterocycles. The van der Waals surface area contributed by atoms with E-state index in [2.05, 4.69) is 15.1 Å². The van der Waals surface area contributed by atoms with Gasteiger partial charge in [-0.15, -0.1) is 0 Å². The normalized spacial score (nSPS) is 17.2. The first-order valence-corrected chi connectivity index (χ1v) is 12.2. The minimum atomic E-state index is -4.83. The number of benzene rings is 2. The molecular weight excluding hydrogens is 506 g/mol. The fourth-order valence-corrected chi connectivity index (χ4v) is 4.81. The number of nitro groups is 1. The van der Waals surface area contributed by atoms with Crippen molar-refractivity contribution in [1.82, 2.24) is 9.80 Å². The molecule has 0 spiro atoms. The Morgan fingerprint density at radius 1 is 1.00 bits per heavy atom. The van der Waals surface area contributed by atoms with Gasteiger partial charge in [-0.1, -0.05) is 7.43 Å². The lowest BCUT2D eigenvalue weighted by Crippen LogP contribution is -2.48. The Morgan fingerprint density at radius 3 is 2.21 bits per heavy atom. The molecule has 0 aromatic heterocycles. The number of anilines is 2. The van der Waals surface area contributed by atoms with Crippen LogP contribution >= 0.6 is 0 Å². The number of rotatable bonds is 7. The summed E-state index contributed by atoms with van der Waals surface area (Å²) in [5.41, 5.74) is -1.11. The zero-order valence-corrected chi connectivity index (χ0v) is 20.2. The van der Waals surface area contributed by atoms with Crippen LogP contribution in [0.25, 0.3) is 0 Å². The molecule has 2 aliphatic rings. The molecule has 12 heteroatoms. The van der Waals surface area contributed by atoms with E-state index in [-0.39, 0.29) is 30.9 Å². The molecule has 8 nitrogen and oxygen atoms in total. The zero-order valence-electron chi connectivity index (χ0n) is 20.2. The molecule has 0 unspecified atom stereocenters. The molecule has 1 amide bonds. The number of amides is 1. The number of hydrogen-bond acceptors (Lipinski definition) is 6. The number of alkyl halides is 3. The summed E-state index contributed by atoms with van der Waals surface area (Å²) in [5, 5.41) is 14.0. The van der Waals surface area contributed by atoms with Gasteiger partial charge in [0.1, 0.15) is 11.4 Å². The number of piperidine rings is 1. The smallest absolute Gasteiger partial charge is 0.382 e. The second-order valence-corrected chi connectivity index (χ2v) is 9.34. The van der Waals surface area contributed by atoms with Crippen LogP contribution < -0.4 is 10.2 Å². The van der Waals surface area contributed by atoms with E-state index in [0.29, 0.717) is 38.9 Å². The highest BCUT2D eigenvalue weighted by Crippen LogP contribution is 2.38. The van der Waals surface area contributed by atoms with E-state index >= 15 is 0 Å². The first-order chi connectivity index (χ1) is 17.6. The van der Waals surface area contributed by atoms with Gasteiger partial charge in [0.2, 0.25) is 5.91 Å². The summed E-state index contributed by atoms with van der Waals surface area (Å²) in [7, 11) is 0. The quantitative estimate of drug-likeness (QED) is 0.303. The molecule has 2 fully saturated rings. The molecule has 2 aromatic rings. The number of nitro benzene ring substituents is 1. The van der Waals surface area contributed by atoms with Gasteiger partial charge in [0.05, 0.1) is 4.92 Å². The van der Waals surface area contributed by atoms with Gasteiger partial charge in [0.25, 0.3) is 5.69 Å². The zero-order chi connectivity index (χ0) is 26.6. The molecule has 4 rings (SSSR count). The Balaban J connectivity index is 0.00000400. The number of nitrogens with one attached hydrogen (secondary N) is 1. The van der Waals surface area contributed by atoms with Gasteiger partial charge in [-0.3, -0.25) is 19.8 Å². The number of likely N-dealkylation sites (tertiary alicyclic amines) is 1. The molecule has 0 aliphatic carbocycles. The lowest BCUT2D eigenvalue weighted by atomic mass is 10.0. The molecule has 38 heavy (non-hydrogen) atoms. The molecule has 0 bridgehead atoms. The number of carbonyl (C=O) groups is 1. The Hall–Kier alpha value is -3.41. The number of nitrogens with zero attached hydrogens (tertiary/aromatic N) is 4. The minimum absolute atomic E-state index is 0. The third-order valence-electron chi connectivity index (χ3n) is 6.92. The number of carbonyl (C=O) groups excluding carboxylic acids is 1. The van der Waals surface area contributed by atoms with Crippen molar-refractivity contribution < 1.29 is 27.3 Å². The maximum atomic E-state index is 13.2. The molecule has 2 aromatic carbocycles. The molecule has 0 atom stereocenters. The topological polar surface area (TPSA) is 82.0 Å². The average Bonchev–Trinajstić information content (AvgIpc) is 2.88. The summed E-state index contributed by atoms with van der Waals surface area (Å²) in [5.74, 6) is -0.211. The summed E-state index contributed by atoms with van der Waals surface area (Å²) in [6.07, 6.45) is -3.30. The van der Waals surface area contributed by atoms with Crippen LogP contribution in [0.3, 0.4) is 0 Å². The molecule has 208 valence electrons. The highest BCUT2D eigenvalue weighted by Gasteiger charge is 2.38. The van der Waals surface area contributed by atoms with Crippen molar-refractivity contribution in [2.45, 2.75) is 38.9 Å². The van der Waals surface area contributed by atoms with E-state index in [1.807, 2.05) is 0 Å². The number of hydrogen-bond donors (Lipinski definition) is 1. The third kappa shape index (κ3) is 7.33. The average molecular weight is 540 g/mol.